The molecule has 0 rings (SSSR count). The fourth-order valence-corrected chi connectivity index (χ4v) is 5.60. The van der Waals surface area contributed by atoms with E-state index >= 15 is 0 Å². The lowest BCUT2D eigenvalue weighted by molar-refractivity contribution is 0.363. The van der Waals surface area contributed by atoms with E-state index in [2.05, 4.69) is 83.1 Å². The van der Waals surface area contributed by atoms with Crippen molar-refractivity contribution in [1.82, 2.24) is 0 Å². The third kappa shape index (κ3) is 24.3. The number of rotatable bonds is 21. The van der Waals surface area contributed by atoms with Crippen molar-refractivity contribution in [2.24, 2.45) is 35.5 Å². The fraction of sp³-hybridized carbons (Fsp3) is 1.00. The van der Waals surface area contributed by atoms with E-state index in [0.717, 1.165) is 35.5 Å². The zero-order chi connectivity index (χ0) is 28.2. The summed E-state index contributed by atoms with van der Waals surface area (Å²) in [4.78, 5) is 0. The zero-order valence-electron chi connectivity index (χ0n) is 28.2. The van der Waals surface area contributed by atoms with Crippen molar-refractivity contribution >= 4 is 0 Å². The first-order valence-corrected chi connectivity index (χ1v) is 17.3. The Kier molecular flexibility index (Phi) is 35.1. The average Bonchev–Trinajstić information content (AvgIpc) is 2.93. The van der Waals surface area contributed by atoms with E-state index in [-0.39, 0.29) is 0 Å². The predicted molar refractivity (Wildman–Crippen MR) is 172 cm³/mol. The number of hydrogen-bond acceptors (Lipinski definition) is 0. The molecule has 0 aliphatic carbocycles. The minimum Gasteiger partial charge on any atom is -0.0651 e. The van der Waals surface area contributed by atoms with Crippen molar-refractivity contribution in [2.75, 3.05) is 0 Å². The molecule has 0 spiro atoms. The normalized spacial score (nSPS) is 11.5. The van der Waals surface area contributed by atoms with Gasteiger partial charge in [0.2, 0.25) is 0 Å². The molecule has 0 fully saturated rings. The summed E-state index contributed by atoms with van der Waals surface area (Å²) in [6.07, 6.45) is 25.2. The van der Waals surface area contributed by atoms with Gasteiger partial charge in [0.1, 0.15) is 0 Å². The summed E-state index contributed by atoms with van der Waals surface area (Å²) in [7, 11) is 0. The van der Waals surface area contributed by atoms with E-state index in [9.17, 15) is 0 Å². The Morgan fingerprint density at radius 3 is 0.333 bits per heavy atom. The summed E-state index contributed by atoms with van der Waals surface area (Å²) in [6, 6.07) is 0. The second-order valence-electron chi connectivity index (χ2n) is 11.8. The number of hydrogen-bond donors (Lipinski definition) is 0. The summed E-state index contributed by atoms with van der Waals surface area (Å²) in [6.45, 7) is 27.8. The van der Waals surface area contributed by atoms with Crippen molar-refractivity contribution in [3.63, 3.8) is 0 Å². The monoisotopic (exact) mass is 511 g/mol. The molecule has 0 atom stereocenters. The summed E-state index contributed by atoms with van der Waals surface area (Å²) >= 11 is 0. The maximum atomic E-state index is 2.32. The van der Waals surface area contributed by atoms with Gasteiger partial charge in [0, 0.05) is 0 Å². The Balaban J connectivity index is -0.000000454. The minimum absolute atomic E-state index is 0.991. The molecule has 0 aliphatic rings. The largest absolute Gasteiger partial charge is 0.0651 e. The molecule has 0 aromatic rings. The molecular weight excluding hydrogens is 432 g/mol. The van der Waals surface area contributed by atoms with Crippen LogP contribution in [0.1, 0.15) is 199 Å². The van der Waals surface area contributed by atoms with Gasteiger partial charge in [0.25, 0.3) is 0 Å². The van der Waals surface area contributed by atoms with Crippen molar-refractivity contribution in [1.29, 1.82) is 0 Å². The van der Waals surface area contributed by atoms with Crippen LogP contribution in [0, 0.1) is 35.5 Å². The highest BCUT2D eigenvalue weighted by Crippen LogP contribution is 2.23. The molecule has 0 N–H and O–H groups in total. The maximum absolute atomic E-state index is 2.32. The minimum atomic E-state index is 0.991. The van der Waals surface area contributed by atoms with Gasteiger partial charge in [-0.05, 0) is 35.5 Å². The molecule has 222 valence electrons. The predicted octanol–water partition coefficient (Wildman–Crippen LogP) is 13.9. The Bertz CT molecular complexity index is 255. The molecule has 0 amide bonds. The van der Waals surface area contributed by atoms with Crippen LogP contribution in [-0.2, 0) is 0 Å². The van der Waals surface area contributed by atoms with E-state index in [1.54, 1.807) is 0 Å². The third-order valence-electron chi connectivity index (χ3n) is 9.88. The Labute approximate surface area is 234 Å². The fourth-order valence-electron chi connectivity index (χ4n) is 5.60. The third-order valence-corrected chi connectivity index (χ3v) is 9.88. The highest BCUT2D eigenvalue weighted by molar-refractivity contribution is 4.62. The van der Waals surface area contributed by atoms with E-state index in [1.165, 1.54) is 116 Å². The molecule has 0 saturated heterocycles. The van der Waals surface area contributed by atoms with Gasteiger partial charge >= 0.3 is 0 Å². The van der Waals surface area contributed by atoms with Gasteiger partial charge in [-0.25, -0.2) is 0 Å². The van der Waals surface area contributed by atoms with E-state index in [1.807, 2.05) is 0 Å². The summed E-state index contributed by atoms with van der Waals surface area (Å²) in [5.41, 5.74) is 0. The molecule has 0 saturated carbocycles. The van der Waals surface area contributed by atoms with Crippen molar-refractivity contribution in [3.05, 3.63) is 0 Å². The van der Waals surface area contributed by atoms with Crippen molar-refractivity contribution in [3.8, 4) is 0 Å². The van der Waals surface area contributed by atoms with Crippen LogP contribution >= 0.6 is 0 Å². The summed E-state index contributed by atoms with van der Waals surface area (Å²) in [5, 5.41) is 0. The molecule has 0 aliphatic heterocycles. The van der Waals surface area contributed by atoms with Crippen LogP contribution < -0.4 is 0 Å². The first-order valence-electron chi connectivity index (χ1n) is 17.3. The summed E-state index contributed by atoms with van der Waals surface area (Å²) < 4.78 is 0. The molecule has 0 unspecified atom stereocenters. The average molecular weight is 511 g/mol. The Hall–Kier alpha value is 0. The molecule has 0 bridgehead atoms. The van der Waals surface area contributed by atoms with Crippen LogP contribution in [-0.4, -0.2) is 0 Å². The SMILES string of the molecule is CCC(CC)CCC(CC)CC.CCC(CC)CCC(CC)CC.CCC(CC)CCC(CC)CC. The molecular formula is C36H78. The van der Waals surface area contributed by atoms with Gasteiger partial charge in [0.05, 0.1) is 0 Å². The van der Waals surface area contributed by atoms with E-state index < -0.39 is 0 Å². The zero-order valence-corrected chi connectivity index (χ0v) is 28.2. The smallest absolute Gasteiger partial charge is 0.0419 e. The summed E-state index contributed by atoms with van der Waals surface area (Å²) in [5.74, 6) is 5.95. The van der Waals surface area contributed by atoms with Gasteiger partial charge < -0.3 is 0 Å². The molecule has 36 heavy (non-hydrogen) atoms. The molecule has 0 aromatic heterocycles. The standard InChI is InChI=1S/3C12H26/c3*1-5-11(6-2)9-10-12(7-3)8-4/h3*11-12H,5-10H2,1-4H3. The van der Waals surface area contributed by atoms with Gasteiger partial charge in [-0.3, -0.25) is 0 Å². The van der Waals surface area contributed by atoms with Gasteiger partial charge in [-0.15, -0.1) is 0 Å². The van der Waals surface area contributed by atoms with Crippen molar-refractivity contribution < 1.29 is 0 Å². The highest BCUT2D eigenvalue weighted by atomic mass is 14.2. The van der Waals surface area contributed by atoms with Crippen LogP contribution in [0.15, 0.2) is 0 Å². The first-order chi connectivity index (χ1) is 17.3. The Morgan fingerprint density at radius 2 is 0.278 bits per heavy atom. The lowest BCUT2D eigenvalue weighted by atomic mass is 9.90. The highest BCUT2D eigenvalue weighted by Gasteiger charge is 2.09. The van der Waals surface area contributed by atoms with Crippen LogP contribution in [0.5, 0.6) is 0 Å². The van der Waals surface area contributed by atoms with Crippen LogP contribution in [0.25, 0.3) is 0 Å². The topological polar surface area (TPSA) is 0 Å². The van der Waals surface area contributed by atoms with Crippen molar-refractivity contribution in [2.45, 2.75) is 199 Å². The lowest BCUT2D eigenvalue weighted by Gasteiger charge is -2.16. The van der Waals surface area contributed by atoms with E-state index in [4.69, 9.17) is 0 Å². The molecule has 0 radical (unpaired) electrons. The molecule has 0 heteroatoms. The Morgan fingerprint density at radius 1 is 0.194 bits per heavy atom. The van der Waals surface area contributed by atoms with Gasteiger partial charge in [0.15, 0.2) is 0 Å². The maximum Gasteiger partial charge on any atom is -0.0419 e. The van der Waals surface area contributed by atoms with E-state index in [0.29, 0.717) is 0 Å². The van der Waals surface area contributed by atoms with Crippen LogP contribution in [0.2, 0.25) is 0 Å². The second kappa shape index (κ2) is 31.2. The first kappa shape index (κ1) is 40.5. The second-order valence-corrected chi connectivity index (χ2v) is 11.8. The van der Waals surface area contributed by atoms with Crippen LogP contribution in [0.3, 0.4) is 0 Å². The van der Waals surface area contributed by atoms with Crippen LogP contribution in [0.4, 0.5) is 0 Å². The van der Waals surface area contributed by atoms with Gasteiger partial charge in [-0.1, -0.05) is 199 Å². The van der Waals surface area contributed by atoms with Gasteiger partial charge in [-0.2, -0.15) is 0 Å². The molecule has 0 aromatic carbocycles. The lowest BCUT2D eigenvalue weighted by Crippen LogP contribution is -2.02. The quantitative estimate of drug-likeness (QED) is 0.144. The molecule has 0 nitrogen and oxygen atoms in total. The molecule has 0 heterocycles.